The molecule has 4 atom stereocenters. The number of carbonyl (C=O) groups excluding carboxylic acids is 1. The van der Waals surface area contributed by atoms with E-state index in [1.165, 1.54) is 32.1 Å². The van der Waals surface area contributed by atoms with E-state index in [2.05, 4.69) is 0 Å². The summed E-state index contributed by atoms with van der Waals surface area (Å²) in [4.78, 5) is 11.8. The molecule has 0 aromatic heterocycles. The number of carbonyl (C=O) groups is 1. The van der Waals surface area contributed by atoms with E-state index in [-0.39, 0.29) is 0 Å². The van der Waals surface area contributed by atoms with E-state index in [1.54, 1.807) is 0 Å². The van der Waals surface area contributed by atoms with Gasteiger partial charge in [0.1, 0.15) is 5.78 Å². The first-order valence-electron chi connectivity index (χ1n) is 5.33. The minimum atomic E-state index is 0.515. The number of hydrogen-bond acceptors (Lipinski definition) is 1. The molecule has 4 unspecified atom stereocenters. The summed E-state index contributed by atoms with van der Waals surface area (Å²) in [7, 11) is 0. The van der Waals surface area contributed by atoms with Crippen molar-refractivity contribution in [3.8, 4) is 0 Å². The summed E-state index contributed by atoms with van der Waals surface area (Å²) in [6, 6.07) is 0. The number of hydrogen-bond donors (Lipinski definition) is 0. The molecule has 1 spiro atoms. The molecule has 0 aromatic rings. The molecule has 0 amide bonds. The predicted molar refractivity (Wildman–Crippen MR) is 44.5 cm³/mol. The number of Topliss-reactive ketones (excluding diaryl/α,β-unsaturated/α-hetero) is 1. The van der Waals surface area contributed by atoms with Crippen LogP contribution in [0.15, 0.2) is 0 Å². The fourth-order valence-corrected chi connectivity index (χ4v) is 4.94. The molecule has 4 saturated carbocycles. The van der Waals surface area contributed by atoms with Crippen molar-refractivity contribution in [3.63, 3.8) is 0 Å². The zero-order chi connectivity index (χ0) is 7.92. The van der Waals surface area contributed by atoms with Crippen molar-refractivity contribution in [2.75, 3.05) is 0 Å². The maximum absolute atomic E-state index is 11.8. The molecule has 4 aliphatic carbocycles. The molecular weight excluding hydrogens is 148 g/mol. The summed E-state index contributed by atoms with van der Waals surface area (Å²) in [6.07, 6.45) is 6.59. The van der Waals surface area contributed by atoms with Crippen molar-refractivity contribution in [2.24, 2.45) is 29.1 Å². The first-order valence-corrected chi connectivity index (χ1v) is 5.33. The Labute approximate surface area is 72.5 Å². The first kappa shape index (κ1) is 6.17. The van der Waals surface area contributed by atoms with Crippen LogP contribution in [0.25, 0.3) is 0 Å². The molecule has 12 heavy (non-hydrogen) atoms. The van der Waals surface area contributed by atoms with Gasteiger partial charge >= 0.3 is 0 Å². The molecule has 0 aromatic carbocycles. The molecule has 1 nitrogen and oxygen atoms in total. The third kappa shape index (κ3) is 0.419. The predicted octanol–water partition coefficient (Wildman–Crippen LogP) is 2.01. The largest absolute Gasteiger partial charge is 0.299 e. The normalized spacial score (nSPS) is 65.2. The summed E-state index contributed by atoms with van der Waals surface area (Å²) in [6.45, 7) is 0. The lowest BCUT2D eigenvalue weighted by molar-refractivity contribution is -0.128. The molecule has 64 valence electrons. The maximum atomic E-state index is 11.8. The molecule has 1 heteroatoms. The average Bonchev–Trinajstić information content (AvgIpc) is 2.45. The second-order valence-corrected chi connectivity index (χ2v) is 5.54. The van der Waals surface area contributed by atoms with Crippen molar-refractivity contribution in [1.82, 2.24) is 0 Å². The molecule has 4 fully saturated rings. The highest BCUT2D eigenvalue weighted by molar-refractivity contribution is 5.86. The van der Waals surface area contributed by atoms with Crippen molar-refractivity contribution < 1.29 is 4.79 Å². The Hall–Kier alpha value is -0.330. The molecule has 0 heterocycles. The Balaban J connectivity index is 1.91. The quantitative estimate of drug-likeness (QED) is 0.532. The monoisotopic (exact) mass is 162 g/mol. The lowest BCUT2D eigenvalue weighted by atomic mass is 9.56. The third-order valence-corrected chi connectivity index (χ3v) is 5.39. The number of fused-ring (bicyclic) bond motifs is 2. The molecule has 0 aliphatic heterocycles. The number of ketones is 1. The summed E-state index contributed by atoms with van der Waals surface area (Å²) < 4.78 is 0. The van der Waals surface area contributed by atoms with Gasteiger partial charge in [0.25, 0.3) is 0 Å². The molecule has 4 rings (SSSR count). The molecular formula is C11H14O. The second kappa shape index (κ2) is 1.51. The minimum Gasteiger partial charge on any atom is -0.299 e. The van der Waals surface area contributed by atoms with Gasteiger partial charge in [0.2, 0.25) is 0 Å². The van der Waals surface area contributed by atoms with Gasteiger partial charge in [-0.05, 0) is 49.4 Å². The van der Waals surface area contributed by atoms with Gasteiger partial charge in [-0.3, -0.25) is 4.79 Å². The van der Waals surface area contributed by atoms with Crippen LogP contribution in [0.5, 0.6) is 0 Å². The summed E-state index contributed by atoms with van der Waals surface area (Å²) >= 11 is 0. The van der Waals surface area contributed by atoms with Crippen LogP contribution in [0, 0.1) is 29.1 Å². The van der Waals surface area contributed by atoms with Crippen LogP contribution in [-0.2, 0) is 4.79 Å². The lowest BCUT2D eigenvalue weighted by Gasteiger charge is -2.49. The Morgan fingerprint density at radius 1 is 1.00 bits per heavy atom. The van der Waals surface area contributed by atoms with Crippen molar-refractivity contribution >= 4 is 5.78 Å². The van der Waals surface area contributed by atoms with Crippen LogP contribution in [0.4, 0.5) is 0 Å². The second-order valence-electron chi connectivity index (χ2n) is 5.54. The minimum absolute atomic E-state index is 0.515. The van der Waals surface area contributed by atoms with Crippen molar-refractivity contribution in [1.29, 1.82) is 0 Å². The van der Waals surface area contributed by atoms with E-state index in [1.807, 2.05) is 0 Å². The molecule has 4 aliphatic rings. The zero-order valence-corrected chi connectivity index (χ0v) is 7.25. The Morgan fingerprint density at radius 2 is 1.58 bits per heavy atom. The van der Waals surface area contributed by atoms with Gasteiger partial charge in [0.15, 0.2) is 0 Å². The Bertz CT molecular complexity index is 255. The summed E-state index contributed by atoms with van der Waals surface area (Å²) in [5.74, 6) is 3.63. The van der Waals surface area contributed by atoms with E-state index in [0.717, 1.165) is 17.3 Å². The van der Waals surface area contributed by atoms with Crippen LogP contribution in [0.2, 0.25) is 0 Å². The standard InChI is InChI=1S/C11H14O/c12-10-6-1-8-3-9-2-7(10)5-11(8,9)4-6/h6-9H,1-5H2. The Kier molecular flexibility index (Phi) is 0.779. The van der Waals surface area contributed by atoms with Crippen LogP contribution < -0.4 is 0 Å². The van der Waals surface area contributed by atoms with E-state index in [9.17, 15) is 4.79 Å². The fourth-order valence-electron chi connectivity index (χ4n) is 4.94. The first-order chi connectivity index (χ1) is 5.79. The van der Waals surface area contributed by atoms with Gasteiger partial charge in [0.05, 0.1) is 0 Å². The average molecular weight is 162 g/mol. The molecule has 0 N–H and O–H groups in total. The third-order valence-electron chi connectivity index (χ3n) is 5.39. The van der Waals surface area contributed by atoms with Crippen LogP contribution in [0.3, 0.4) is 0 Å². The number of rotatable bonds is 0. The fraction of sp³-hybridized carbons (Fsp3) is 0.909. The molecule has 0 saturated heterocycles. The van der Waals surface area contributed by atoms with Crippen molar-refractivity contribution in [2.45, 2.75) is 32.1 Å². The van der Waals surface area contributed by atoms with Crippen LogP contribution in [-0.4, -0.2) is 5.78 Å². The van der Waals surface area contributed by atoms with E-state index < -0.39 is 0 Å². The van der Waals surface area contributed by atoms with Crippen LogP contribution in [0.1, 0.15) is 32.1 Å². The van der Waals surface area contributed by atoms with Gasteiger partial charge < -0.3 is 0 Å². The van der Waals surface area contributed by atoms with Gasteiger partial charge in [-0.25, -0.2) is 0 Å². The van der Waals surface area contributed by atoms with E-state index in [0.29, 0.717) is 17.6 Å². The zero-order valence-electron chi connectivity index (χ0n) is 7.25. The van der Waals surface area contributed by atoms with Gasteiger partial charge in [-0.15, -0.1) is 0 Å². The topological polar surface area (TPSA) is 17.1 Å². The molecule has 0 radical (unpaired) electrons. The Morgan fingerprint density at radius 3 is 2.17 bits per heavy atom. The summed E-state index contributed by atoms with van der Waals surface area (Å²) in [5.41, 5.74) is 0.725. The lowest BCUT2D eigenvalue weighted by Crippen LogP contribution is -2.41. The highest BCUT2D eigenvalue weighted by atomic mass is 16.1. The summed E-state index contributed by atoms with van der Waals surface area (Å²) in [5, 5.41) is 0. The molecule has 3 bridgehead atoms. The van der Waals surface area contributed by atoms with Gasteiger partial charge in [-0.1, -0.05) is 0 Å². The highest BCUT2D eigenvalue weighted by Crippen LogP contribution is 2.74. The van der Waals surface area contributed by atoms with Gasteiger partial charge in [-0.2, -0.15) is 0 Å². The SMILES string of the molecule is O=C1C2CC3CC4CC1CC34C2. The van der Waals surface area contributed by atoms with Crippen molar-refractivity contribution in [3.05, 3.63) is 0 Å². The van der Waals surface area contributed by atoms with Gasteiger partial charge in [0, 0.05) is 11.8 Å². The van der Waals surface area contributed by atoms with Crippen LogP contribution >= 0.6 is 0 Å². The highest BCUT2D eigenvalue weighted by Gasteiger charge is 2.68. The maximum Gasteiger partial charge on any atom is 0.139 e. The van der Waals surface area contributed by atoms with E-state index >= 15 is 0 Å². The smallest absolute Gasteiger partial charge is 0.139 e. The van der Waals surface area contributed by atoms with E-state index in [4.69, 9.17) is 0 Å².